The number of hydrogen-bond acceptors (Lipinski definition) is 9. The first-order valence-electron chi connectivity index (χ1n) is 14.1. The van der Waals surface area contributed by atoms with Crippen LogP contribution in [0.5, 0.6) is 0 Å². The number of alkyl halides is 3. The molecule has 1 aliphatic rings. The van der Waals surface area contributed by atoms with Crippen molar-refractivity contribution < 1.29 is 46.6 Å². The predicted molar refractivity (Wildman–Crippen MR) is 156 cm³/mol. The van der Waals surface area contributed by atoms with E-state index in [2.05, 4.69) is 31.2 Å². The molecule has 3 amide bonds. The summed E-state index contributed by atoms with van der Waals surface area (Å²) in [5, 5.41) is 19.6. The molecule has 0 spiro atoms. The number of aromatic nitrogens is 2. The van der Waals surface area contributed by atoms with Crippen molar-refractivity contribution in [2.24, 2.45) is 5.92 Å². The van der Waals surface area contributed by atoms with Gasteiger partial charge in [-0.15, -0.1) is 0 Å². The molecule has 45 heavy (non-hydrogen) atoms. The molecule has 1 fully saturated rings. The van der Waals surface area contributed by atoms with Gasteiger partial charge in [-0.1, -0.05) is 0 Å². The van der Waals surface area contributed by atoms with Crippen LogP contribution >= 0.6 is 0 Å². The average Bonchev–Trinajstić information content (AvgIpc) is 3.28. The maximum atomic E-state index is 13.9. The summed E-state index contributed by atoms with van der Waals surface area (Å²) >= 11 is 0. The van der Waals surface area contributed by atoms with Crippen LogP contribution in [0.2, 0.25) is 0 Å². The molecular formula is C29H35F3N6O7. The van der Waals surface area contributed by atoms with Crippen LogP contribution in [0.4, 0.5) is 34.3 Å². The second-order valence-corrected chi connectivity index (χ2v) is 11.7. The van der Waals surface area contributed by atoms with E-state index in [9.17, 15) is 32.7 Å². The molecule has 16 heteroatoms. The maximum Gasteiger partial charge on any atom is 0.414 e. The number of carbonyl (C=O) groups is 3. The SMILES string of the molecule is COCCCc1cnc2c(C(=O)Nc3cnccc3[C@]3(NC(=O)O)CNC[C@H](C(F)(F)F)C3)c(NC(=O)OC(C)(C)C)oc2c1. The number of furan rings is 1. The number of methoxy groups -OCH3 is 1. The summed E-state index contributed by atoms with van der Waals surface area (Å²) in [6.07, 6.45) is -2.38. The van der Waals surface area contributed by atoms with Crippen LogP contribution in [0.25, 0.3) is 11.1 Å². The number of nitrogens with one attached hydrogen (secondary N) is 4. The highest BCUT2D eigenvalue weighted by atomic mass is 19.4. The topological polar surface area (TPSA) is 177 Å². The number of carbonyl (C=O) groups excluding carboxylic acids is 2. The Morgan fingerprint density at radius 2 is 1.96 bits per heavy atom. The molecule has 2 atom stereocenters. The van der Waals surface area contributed by atoms with Crippen molar-refractivity contribution in [2.45, 2.75) is 57.3 Å². The van der Waals surface area contributed by atoms with Gasteiger partial charge in [0.2, 0.25) is 5.88 Å². The molecule has 0 bridgehead atoms. The highest BCUT2D eigenvalue weighted by Crippen LogP contribution is 2.41. The van der Waals surface area contributed by atoms with Gasteiger partial charge < -0.3 is 34.9 Å². The van der Waals surface area contributed by atoms with Gasteiger partial charge in [-0.2, -0.15) is 13.2 Å². The number of fused-ring (bicyclic) bond motifs is 1. The number of hydrogen-bond donors (Lipinski definition) is 5. The van der Waals surface area contributed by atoms with Crippen LogP contribution < -0.4 is 21.3 Å². The largest absolute Gasteiger partial charge is 0.465 e. The summed E-state index contributed by atoms with van der Waals surface area (Å²) in [6.45, 7) is 4.88. The summed E-state index contributed by atoms with van der Waals surface area (Å²) < 4.78 is 57.6. The summed E-state index contributed by atoms with van der Waals surface area (Å²) in [5.74, 6) is -3.01. The van der Waals surface area contributed by atoms with Gasteiger partial charge in [-0.25, -0.2) is 9.59 Å². The first-order valence-corrected chi connectivity index (χ1v) is 14.1. The standard InChI is InChI=1S/C29H35F3N6O7/c1-27(2,3)45-26(42)37-24-21(22-20(44-24)10-16(12-35-22)6-5-9-43-4)23(39)36-19-14-33-8-7-18(19)28(38-25(40)41)11-17(13-34-15-28)29(30,31)32/h7-8,10,12,14,17,34,38H,5-6,9,11,13,15H2,1-4H3,(H,36,39)(H,37,42)(H,40,41)/t17-,28-/m1/s1. The lowest BCUT2D eigenvalue weighted by atomic mass is 9.77. The Balaban J connectivity index is 1.75. The number of amides is 3. The van der Waals surface area contributed by atoms with E-state index >= 15 is 0 Å². The van der Waals surface area contributed by atoms with Crippen molar-refractivity contribution in [1.82, 2.24) is 20.6 Å². The minimum atomic E-state index is -4.61. The zero-order chi connectivity index (χ0) is 33.0. The molecule has 1 saturated heterocycles. The summed E-state index contributed by atoms with van der Waals surface area (Å²) in [5.41, 5.74) is -1.79. The van der Waals surface area contributed by atoms with Gasteiger partial charge in [0.25, 0.3) is 5.91 Å². The van der Waals surface area contributed by atoms with Crippen molar-refractivity contribution in [3.05, 3.63) is 47.4 Å². The van der Waals surface area contributed by atoms with Gasteiger partial charge in [0.15, 0.2) is 5.58 Å². The van der Waals surface area contributed by atoms with Gasteiger partial charge in [-0.3, -0.25) is 20.1 Å². The third-order valence-electron chi connectivity index (χ3n) is 7.05. The Kier molecular flexibility index (Phi) is 9.87. The lowest BCUT2D eigenvalue weighted by Gasteiger charge is -2.42. The van der Waals surface area contributed by atoms with Gasteiger partial charge in [0.05, 0.1) is 23.3 Å². The fourth-order valence-corrected chi connectivity index (χ4v) is 5.20. The maximum absolute atomic E-state index is 13.9. The molecule has 5 N–H and O–H groups in total. The van der Waals surface area contributed by atoms with Crippen molar-refractivity contribution >= 4 is 40.8 Å². The van der Waals surface area contributed by atoms with E-state index in [0.29, 0.717) is 19.4 Å². The lowest BCUT2D eigenvalue weighted by molar-refractivity contribution is -0.184. The normalized spacial score (nSPS) is 18.8. The number of carboxylic acid groups (broad SMARTS) is 1. The summed E-state index contributed by atoms with van der Waals surface area (Å²) in [7, 11) is 1.58. The molecule has 4 rings (SSSR count). The smallest absolute Gasteiger partial charge is 0.414 e. The minimum Gasteiger partial charge on any atom is -0.465 e. The Bertz CT molecular complexity index is 1560. The van der Waals surface area contributed by atoms with Gasteiger partial charge in [0.1, 0.15) is 16.7 Å². The third-order valence-corrected chi connectivity index (χ3v) is 7.05. The number of rotatable bonds is 9. The van der Waals surface area contributed by atoms with Crippen molar-refractivity contribution in [3.8, 4) is 0 Å². The zero-order valence-electron chi connectivity index (χ0n) is 25.1. The first-order chi connectivity index (χ1) is 21.1. The third kappa shape index (κ3) is 8.19. The zero-order valence-corrected chi connectivity index (χ0v) is 25.1. The second kappa shape index (κ2) is 13.3. The first kappa shape index (κ1) is 33.5. The number of aryl methyl sites for hydroxylation is 1. The van der Waals surface area contributed by atoms with Crippen LogP contribution in [0, 0.1) is 5.92 Å². The second-order valence-electron chi connectivity index (χ2n) is 11.7. The lowest BCUT2D eigenvalue weighted by Crippen LogP contribution is -2.59. The number of pyridine rings is 2. The van der Waals surface area contributed by atoms with E-state index in [1.807, 2.05) is 0 Å². The monoisotopic (exact) mass is 636 g/mol. The average molecular weight is 637 g/mol. The molecule has 4 heterocycles. The molecule has 244 valence electrons. The molecule has 0 aromatic carbocycles. The highest BCUT2D eigenvalue weighted by molar-refractivity contribution is 6.16. The molecule has 3 aromatic rings. The molecule has 13 nitrogen and oxygen atoms in total. The van der Waals surface area contributed by atoms with E-state index in [-0.39, 0.29) is 40.3 Å². The number of anilines is 2. The minimum absolute atomic E-state index is 0.0533. The molecule has 0 aliphatic carbocycles. The number of halogens is 3. The van der Waals surface area contributed by atoms with Crippen LogP contribution in [-0.4, -0.2) is 71.8 Å². The molecule has 0 unspecified atom stereocenters. The van der Waals surface area contributed by atoms with Gasteiger partial charge in [0, 0.05) is 44.8 Å². The van der Waals surface area contributed by atoms with Crippen LogP contribution in [0.1, 0.15) is 55.1 Å². The van der Waals surface area contributed by atoms with E-state index in [0.717, 1.165) is 5.56 Å². The summed E-state index contributed by atoms with van der Waals surface area (Å²) in [6, 6.07) is 3.01. The van der Waals surface area contributed by atoms with Crippen molar-refractivity contribution in [2.75, 3.05) is 37.4 Å². The predicted octanol–water partition coefficient (Wildman–Crippen LogP) is 5.04. The Labute approximate surface area is 256 Å². The van der Waals surface area contributed by atoms with E-state index < -0.39 is 54.3 Å². The van der Waals surface area contributed by atoms with E-state index in [1.54, 1.807) is 40.1 Å². The molecule has 0 radical (unpaired) electrons. The molecule has 1 aliphatic heterocycles. The fourth-order valence-electron chi connectivity index (χ4n) is 5.20. The molecule has 3 aromatic heterocycles. The number of nitrogens with zero attached hydrogens (tertiary/aromatic N) is 2. The fraction of sp³-hybridized carbons (Fsp3) is 0.483. The van der Waals surface area contributed by atoms with Gasteiger partial charge >= 0.3 is 18.4 Å². The Hall–Kier alpha value is -4.44. The molecule has 0 saturated carbocycles. The number of piperidine rings is 1. The van der Waals surface area contributed by atoms with Crippen molar-refractivity contribution in [1.29, 1.82) is 0 Å². The van der Waals surface area contributed by atoms with Crippen LogP contribution in [0.15, 0.2) is 35.1 Å². The van der Waals surface area contributed by atoms with Gasteiger partial charge in [-0.05, 0) is 57.7 Å². The Morgan fingerprint density at radius 3 is 2.62 bits per heavy atom. The quantitative estimate of drug-likeness (QED) is 0.200. The summed E-state index contributed by atoms with van der Waals surface area (Å²) in [4.78, 5) is 46.8. The molecular weight excluding hydrogens is 601 g/mol. The van der Waals surface area contributed by atoms with E-state index in [4.69, 9.17) is 13.9 Å². The van der Waals surface area contributed by atoms with Crippen LogP contribution in [0.3, 0.4) is 0 Å². The highest BCUT2D eigenvalue weighted by Gasteiger charge is 2.50. The van der Waals surface area contributed by atoms with Crippen LogP contribution in [-0.2, 0) is 21.4 Å². The Morgan fingerprint density at radius 1 is 1.20 bits per heavy atom. The number of ether oxygens (including phenoxy) is 2. The van der Waals surface area contributed by atoms with E-state index in [1.165, 1.54) is 18.5 Å². The van der Waals surface area contributed by atoms with Crippen molar-refractivity contribution in [3.63, 3.8) is 0 Å².